The molecule has 0 saturated carbocycles. The van der Waals surface area contributed by atoms with Gasteiger partial charge in [-0.2, -0.15) is 13.2 Å². The van der Waals surface area contributed by atoms with Crippen LogP contribution in [0.1, 0.15) is 33.5 Å². The smallest absolute Gasteiger partial charge is 0.490 e. The Morgan fingerprint density at radius 3 is 2.52 bits per heavy atom. The molecule has 0 aliphatic carbocycles. The third kappa shape index (κ3) is 6.41. The SMILES string of the molecule is COc1ccc2c(c1)C(C(=O)NCc1nc(C)c(C)s1)CC(=O)N2.O=C(O)C(F)(F)F. The van der Waals surface area contributed by atoms with Gasteiger partial charge in [-0.15, -0.1) is 11.3 Å². The van der Waals surface area contributed by atoms with E-state index in [4.69, 9.17) is 14.6 Å². The van der Waals surface area contributed by atoms with Gasteiger partial charge in [0.2, 0.25) is 11.8 Å². The first-order chi connectivity index (χ1) is 14.4. The number of nitrogens with zero attached hydrogens (tertiary/aromatic N) is 1. The maximum atomic E-state index is 12.6. The van der Waals surface area contributed by atoms with Crippen LogP contribution in [-0.2, 0) is 20.9 Å². The molecule has 3 N–H and O–H groups in total. The first-order valence-corrected chi connectivity index (χ1v) is 9.72. The molecule has 31 heavy (non-hydrogen) atoms. The molecule has 0 bridgehead atoms. The van der Waals surface area contributed by atoms with E-state index in [9.17, 15) is 22.8 Å². The van der Waals surface area contributed by atoms with Gasteiger partial charge in [0.25, 0.3) is 0 Å². The fourth-order valence-corrected chi connectivity index (χ4v) is 3.57. The van der Waals surface area contributed by atoms with E-state index in [0.29, 0.717) is 18.0 Å². The predicted octanol–water partition coefficient (Wildman–Crippen LogP) is 3.14. The maximum Gasteiger partial charge on any atom is 0.490 e. The van der Waals surface area contributed by atoms with Gasteiger partial charge >= 0.3 is 12.1 Å². The lowest BCUT2D eigenvalue weighted by Gasteiger charge is -2.25. The molecule has 1 aliphatic heterocycles. The van der Waals surface area contributed by atoms with Crippen molar-refractivity contribution in [2.75, 3.05) is 12.4 Å². The molecule has 3 rings (SSSR count). The average Bonchev–Trinajstić information content (AvgIpc) is 3.02. The van der Waals surface area contributed by atoms with Gasteiger partial charge in [-0.3, -0.25) is 9.59 Å². The highest BCUT2D eigenvalue weighted by Crippen LogP contribution is 2.35. The second-order valence-corrected chi connectivity index (χ2v) is 7.82. The lowest BCUT2D eigenvalue weighted by Crippen LogP contribution is -2.34. The number of methoxy groups -OCH3 is 1. The molecule has 8 nitrogen and oxygen atoms in total. The van der Waals surface area contributed by atoms with E-state index in [1.807, 2.05) is 13.8 Å². The standard InChI is InChI=1S/C17H19N3O3S.C2HF3O2/c1-9-10(2)24-16(19-9)8-18-17(22)13-7-15(21)20-14-5-4-11(23-3)6-12(13)14;3-2(4,5)1(6)7/h4-6,13H,7-8H2,1-3H3,(H,18,22)(H,20,21);(H,6,7). The highest BCUT2D eigenvalue weighted by Gasteiger charge is 2.38. The molecule has 12 heteroatoms. The summed E-state index contributed by atoms with van der Waals surface area (Å²) >= 11 is 1.57. The van der Waals surface area contributed by atoms with Crippen molar-refractivity contribution in [3.8, 4) is 5.75 Å². The number of ether oxygens (including phenoxy) is 1. The third-order valence-corrected chi connectivity index (χ3v) is 5.42. The molecule has 1 aromatic heterocycles. The Hall–Kier alpha value is -3.15. The largest absolute Gasteiger partial charge is 0.497 e. The van der Waals surface area contributed by atoms with Crippen molar-refractivity contribution in [1.82, 2.24) is 10.3 Å². The van der Waals surface area contributed by atoms with Crippen molar-refractivity contribution in [1.29, 1.82) is 0 Å². The molecule has 1 atom stereocenters. The van der Waals surface area contributed by atoms with Crippen LogP contribution in [-0.4, -0.2) is 41.2 Å². The molecule has 1 aliphatic rings. The number of anilines is 1. The van der Waals surface area contributed by atoms with Crippen LogP contribution in [0.3, 0.4) is 0 Å². The Labute approximate surface area is 179 Å². The first-order valence-electron chi connectivity index (χ1n) is 8.91. The molecule has 2 heterocycles. The summed E-state index contributed by atoms with van der Waals surface area (Å²) in [6, 6.07) is 5.33. The first kappa shape index (κ1) is 24.1. The van der Waals surface area contributed by atoms with E-state index in [0.717, 1.165) is 21.1 Å². The Kier molecular flexibility index (Phi) is 7.60. The Balaban J connectivity index is 0.000000423. The molecule has 1 aromatic carbocycles. The number of thiazole rings is 1. The summed E-state index contributed by atoms with van der Waals surface area (Å²) in [6.45, 7) is 4.33. The molecule has 0 spiro atoms. The lowest BCUT2D eigenvalue weighted by molar-refractivity contribution is -0.192. The number of rotatable bonds is 4. The van der Waals surface area contributed by atoms with Crippen molar-refractivity contribution in [2.24, 2.45) is 0 Å². The van der Waals surface area contributed by atoms with Gasteiger partial charge in [0, 0.05) is 17.0 Å². The molecule has 0 radical (unpaired) electrons. The average molecular weight is 459 g/mol. The number of hydrogen-bond acceptors (Lipinski definition) is 6. The fourth-order valence-electron chi connectivity index (χ4n) is 2.70. The van der Waals surface area contributed by atoms with E-state index < -0.39 is 18.1 Å². The third-order valence-electron chi connectivity index (χ3n) is 4.34. The number of fused-ring (bicyclic) bond motifs is 1. The number of carboxylic acids is 1. The lowest BCUT2D eigenvalue weighted by atomic mass is 9.89. The molecule has 2 aromatic rings. The van der Waals surface area contributed by atoms with Crippen LogP contribution < -0.4 is 15.4 Å². The number of amides is 2. The van der Waals surface area contributed by atoms with Crippen LogP contribution in [0.25, 0.3) is 0 Å². The van der Waals surface area contributed by atoms with Crippen LogP contribution >= 0.6 is 11.3 Å². The maximum absolute atomic E-state index is 12.6. The van der Waals surface area contributed by atoms with Crippen molar-refractivity contribution >= 4 is 34.8 Å². The number of aryl methyl sites for hydroxylation is 2. The number of hydrogen-bond donors (Lipinski definition) is 3. The molecule has 0 fully saturated rings. The number of aliphatic carboxylic acids is 1. The number of benzene rings is 1. The molecule has 1 unspecified atom stereocenters. The monoisotopic (exact) mass is 459 g/mol. The summed E-state index contributed by atoms with van der Waals surface area (Å²) < 4.78 is 37.0. The number of halogens is 3. The van der Waals surface area contributed by atoms with Crippen LogP contribution in [0.5, 0.6) is 5.75 Å². The van der Waals surface area contributed by atoms with Crippen molar-refractivity contribution in [3.05, 3.63) is 39.3 Å². The highest BCUT2D eigenvalue weighted by molar-refractivity contribution is 7.11. The number of aromatic nitrogens is 1. The number of alkyl halides is 3. The fraction of sp³-hybridized carbons (Fsp3) is 0.368. The van der Waals surface area contributed by atoms with Gasteiger partial charge in [-0.25, -0.2) is 9.78 Å². The second kappa shape index (κ2) is 9.77. The summed E-state index contributed by atoms with van der Waals surface area (Å²) in [7, 11) is 1.57. The van der Waals surface area contributed by atoms with E-state index in [-0.39, 0.29) is 18.2 Å². The number of carboxylic acid groups (broad SMARTS) is 1. The van der Waals surface area contributed by atoms with Gasteiger partial charge in [0.15, 0.2) is 0 Å². The van der Waals surface area contributed by atoms with Crippen molar-refractivity contribution in [3.63, 3.8) is 0 Å². The highest BCUT2D eigenvalue weighted by atomic mass is 32.1. The van der Waals surface area contributed by atoms with Crippen LogP contribution in [0.4, 0.5) is 18.9 Å². The van der Waals surface area contributed by atoms with E-state index in [1.54, 1.807) is 36.6 Å². The summed E-state index contributed by atoms with van der Waals surface area (Å²) in [4.78, 5) is 39.0. The van der Waals surface area contributed by atoms with Crippen LogP contribution in [0.2, 0.25) is 0 Å². The van der Waals surface area contributed by atoms with Gasteiger partial charge in [-0.1, -0.05) is 0 Å². The molecule has 2 amide bonds. The topological polar surface area (TPSA) is 118 Å². The van der Waals surface area contributed by atoms with E-state index in [2.05, 4.69) is 15.6 Å². The molecule has 0 saturated heterocycles. The summed E-state index contributed by atoms with van der Waals surface area (Å²) in [6.07, 6.45) is -4.96. The number of nitrogens with one attached hydrogen (secondary N) is 2. The zero-order chi connectivity index (χ0) is 23.3. The Morgan fingerprint density at radius 2 is 2.00 bits per heavy atom. The molecule has 168 valence electrons. The van der Waals surface area contributed by atoms with E-state index in [1.165, 1.54) is 0 Å². The minimum atomic E-state index is -5.08. The quantitative estimate of drug-likeness (QED) is 0.647. The van der Waals surface area contributed by atoms with E-state index >= 15 is 0 Å². The summed E-state index contributed by atoms with van der Waals surface area (Å²) in [5.41, 5.74) is 2.42. The minimum Gasteiger partial charge on any atom is -0.497 e. The van der Waals surface area contributed by atoms with Gasteiger partial charge in [0.1, 0.15) is 10.8 Å². The predicted molar refractivity (Wildman–Crippen MR) is 106 cm³/mol. The summed E-state index contributed by atoms with van der Waals surface area (Å²) in [5, 5.41) is 13.7. The van der Waals surface area contributed by atoms with Crippen molar-refractivity contribution < 1.29 is 37.4 Å². The molecular formula is C19H20F3N3O5S. The van der Waals surface area contributed by atoms with Gasteiger partial charge in [0.05, 0.1) is 25.3 Å². The number of carbonyl (C=O) groups is 3. The Morgan fingerprint density at radius 1 is 1.35 bits per heavy atom. The Bertz CT molecular complexity index is 971. The summed E-state index contributed by atoms with van der Waals surface area (Å²) in [5.74, 6) is -2.95. The van der Waals surface area contributed by atoms with Crippen LogP contribution in [0.15, 0.2) is 18.2 Å². The molecular weight excluding hydrogens is 439 g/mol. The van der Waals surface area contributed by atoms with Crippen molar-refractivity contribution in [2.45, 2.75) is 38.9 Å². The normalized spacial score (nSPS) is 15.2. The zero-order valence-electron chi connectivity index (χ0n) is 16.8. The number of carbonyl (C=O) groups excluding carboxylic acids is 2. The van der Waals surface area contributed by atoms with Gasteiger partial charge in [-0.05, 0) is 37.6 Å². The van der Waals surface area contributed by atoms with Crippen LogP contribution in [0, 0.1) is 13.8 Å². The second-order valence-electron chi connectivity index (χ2n) is 6.53. The minimum absolute atomic E-state index is 0.127. The van der Waals surface area contributed by atoms with Gasteiger partial charge < -0.3 is 20.5 Å². The zero-order valence-corrected chi connectivity index (χ0v) is 17.6.